The van der Waals surface area contributed by atoms with Gasteiger partial charge in [0.1, 0.15) is 6.61 Å². The van der Waals surface area contributed by atoms with Crippen molar-refractivity contribution in [3.8, 4) is 0 Å². The molecule has 3 nitrogen and oxygen atoms in total. The van der Waals surface area contributed by atoms with Crippen LogP contribution in [0.2, 0.25) is 0 Å². The third kappa shape index (κ3) is 6.28. The van der Waals surface area contributed by atoms with E-state index in [0.717, 1.165) is 25.7 Å². The minimum absolute atomic E-state index is 0.0373. The first-order chi connectivity index (χ1) is 10.2. The monoisotopic (exact) mass is 349 g/mol. The molecule has 9 heteroatoms. The molecule has 0 aromatic carbocycles. The number of amides is 1. The molecular formula is C13H20F5NO2S. The maximum Gasteiger partial charge on any atom is 0.455 e. The van der Waals surface area contributed by atoms with Gasteiger partial charge >= 0.3 is 12.1 Å². The fourth-order valence-corrected chi connectivity index (χ4v) is 3.06. The molecular weight excluding hydrogens is 329 g/mol. The molecule has 130 valence electrons. The van der Waals surface area contributed by atoms with Gasteiger partial charge in [0.25, 0.3) is 0 Å². The van der Waals surface area contributed by atoms with Gasteiger partial charge in [-0.2, -0.15) is 33.7 Å². The standard InChI is InChI=1S/C13H20F5NO2S/c1-22-10-4-2-3-9(7-10)19-11(20)5-6-21-8-12(14,15)13(16,17)18/h9-10H,2-8H2,1H3,(H,19,20)/t9-,10+/m1/s1. The molecule has 1 aliphatic rings. The first-order valence-electron chi connectivity index (χ1n) is 7.00. The van der Waals surface area contributed by atoms with E-state index in [1.807, 2.05) is 6.26 Å². The van der Waals surface area contributed by atoms with Crippen molar-refractivity contribution < 1.29 is 31.5 Å². The van der Waals surface area contributed by atoms with Crippen LogP contribution < -0.4 is 5.32 Å². The number of halogens is 5. The molecule has 1 amide bonds. The molecule has 1 fully saturated rings. The Morgan fingerprint density at radius 1 is 1.27 bits per heavy atom. The molecule has 0 spiro atoms. The van der Waals surface area contributed by atoms with Crippen molar-refractivity contribution in [1.82, 2.24) is 5.32 Å². The van der Waals surface area contributed by atoms with Crippen LogP contribution in [0, 0.1) is 0 Å². The second-order valence-electron chi connectivity index (χ2n) is 5.29. The van der Waals surface area contributed by atoms with Crippen LogP contribution in [0.3, 0.4) is 0 Å². The van der Waals surface area contributed by atoms with Gasteiger partial charge in [-0.25, -0.2) is 0 Å². The molecule has 1 N–H and O–H groups in total. The summed E-state index contributed by atoms with van der Waals surface area (Å²) >= 11 is 1.74. The molecule has 0 bridgehead atoms. The number of ether oxygens (including phenoxy) is 1. The number of hydrogen-bond acceptors (Lipinski definition) is 3. The summed E-state index contributed by atoms with van der Waals surface area (Å²) in [6, 6.07) is 0.0373. The van der Waals surface area contributed by atoms with E-state index in [-0.39, 0.29) is 18.4 Å². The first kappa shape index (κ1) is 19.5. The highest BCUT2D eigenvalue weighted by Crippen LogP contribution is 2.35. The zero-order chi connectivity index (χ0) is 16.8. The average Bonchev–Trinajstić information content (AvgIpc) is 2.42. The van der Waals surface area contributed by atoms with Crippen LogP contribution in [-0.2, 0) is 9.53 Å². The molecule has 0 unspecified atom stereocenters. The molecule has 22 heavy (non-hydrogen) atoms. The van der Waals surface area contributed by atoms with E-state index >= 15 is 0 Å². The molecule has 1 aliphatic carbocycles. The molecule has 2 atom stereocenters. The topological polar surface area (TPSA) is 38.3 Å². The molecule has 0 radical (unpaired) electrons. The lowest BCUT2D eigenvalue weighted by atomic mass is 9.95. The van der Waals surface area contributed by atoms with E-state index in [4.69, 9.17) is 0 Å². The fraction of sp³-hybridized carbons (Fsp3) is 0.923. The molecule has 0 aliphatic heterocycles. The summed E-state index contributed by atoms with van der Waals surface area (Å²) in [5.74, 6) is -5.28. The van der Waals surface area contributed by atoms with Crippen LogP contribution in [0.5, 0.6) is 0 Å². The number of thioether (sulfide) groups is 1. The molecule has 0 saturated heterocycles. The first-order valence-corrected chi connectivity index (χ1v) is 8.29. The quantitative estimate of drug-likeness (QED) is 0.566. The van der Waals surface area contributed by atoms with Crippen LogP contribution in [-0.4, -0.2) is 48.8 Å². The number of carbonyl (C=O) groups excluding carboxylic acids is 1. The lowest BCUT2D eigenvalue weighted by Crippen LogP contribution is -2.41. The smallest absolute Gasteiger partial charge is 0.374 e. The van der Waals surface area contributed by atoms with Crippen molar-refractivity contribution in [3.05, 3.63) is 0 Å². The van der Waals surface area contributed by atoms with Crippen molar-refractivity contribution in [2.24, 2.45) is 0 Å². The predicted octanol–water partition coefficient (Wildman–Crippen LogP) is 3.38. The van der Waals surface area contributed by atoms with E-state index in [2.05, 4.69) is 10.1 Å². The van der Waals surface area contributed by atoms with Gasteiger partial charge in [0.2, 0.25) is 5.91 Å². The van der Waals surface area contributed by atoms with E-state index in [9.17, 15) is 26.7 Å². The van der Waals surface area contributed by atoms with Crippen LogP contribution in [0.1, 0.15) is 32.1 Å². The largest absolute Gasteiger partial charge is 0.455 e. The average molecular weight is 349 g/mol. The van der Waals surface area contributed by atoms with E-state index < -0.39 is 25.3 Å². The summed E-state index contributed by atoms with van der Waals surface area (Å²) in [7, 11) is 0. The summed E-state index contributed by atoms with van der Waals surface area (Å²) in [4.78, 5) is 11.6. The second-order valence-corrected chi connectivity index (χ2v) is 6.43. The highest BCUT2D eigenvalue weighted by Gasteiger charge is 2.57. The van der Waals surface area contributed by atoms with Crippen molar-refractivity contribution in [1.29, 1.82) is 0 Å². The summed E-state index contributed by atoms with van der Waals surface area (Å²) in [6.45, 7) is -2.22. The van der Waals surface area contributed by atoms with Crippen LogP contribution in [0.15, 0.2) is 0 Å². The molecule has 0 aromatic heterocycles. The van der Waals surface area contributed by atoms with Gasteiger partial charge in [-0.1, -0.05) is 6.42 Å². The molecule has 1 saturated carbocycles. The van der Waals surface area contributed by atoms with Crippen LogP contribution >= 0.6 is 11.8 Å². The normalized spacial score (nSPS) is 23.4. The molecule has 1 rings (SSSR count). The lowest BCUT2D eigenvalue weighted by molar-refractivity contribution is -0.296. The minimum atomic E-state index is -5.63. The van der Waals surface area contributed by atoms with Gasteiger partial charge in [0, 0.05) is 17.7 Å². The Labute approximate surface area is 130 Å². The third-order valence-electron chi connectivity index (χ3n) is 3.50. The van der Waals surface area contributed by atoms with Crippen LogP contribution in [0.4, 0.5) is 22.0 Å². The zero-order valence-corrected chi connectivity index (χ0v) is 13.0. The number of rotatable bonds is 7. The van der Waals surface area contributed by atoms with Crippen molar-refractivity contribution >= 4 is 17.7 Å². The van der Waals surface area contributed by atoms with E-state index in [1.54, 1.807) is 11.8 Å². The van der Waals surface area contributed by atoms with Gasteiger partial charge in [0.15, 0.2) is 0 Å². The number of carbonyl (C=O) groups is 1. The van der Waals surface area contributed by atoms with Gasteiger partial charge in [-0.05, 0) is 25.5 Å². The van der Waals surface area contributed by atoms with Crippen molar-refractivity contribution in [2.45, 2.75) is 55.5 Å². The number of hydrogen-bond donors (Lipinski definition) is 1. The SMILES string of the molecule is CS[C@H]1CCC[C@@H](NC(=O)CCOCC(F)(F)C(F)(F)F)C1. The van der Waals surface area contributed by atoms with Crippen LogP contribution in [0.25, 0.3) is 0 Å². The number of alkyl halides is 5. The van der Waals surface area contributed by atoms with Gasteiger partial charge in [-0.15, -0.1) is 0 Å². The molecule has 0 heterocycles. The molecule has 0 aromatic rings. The Kier molecular flexibility index (Phi) is 7.37. The third-order valence-corrected chi connectivity index (χ3v) is 4.59. The highest BCUT2D eigenvalue weighted by molar-refractivity contribution is 7.99. The lowest BCUT2D eigenvalue weighted by Gasteiger charge is -2.28. The predicted molar refractivity (Wildman–Crippen MR) is 74.1 cm³/mol. The summed E-state index contributed by atoms with van der Waals surface area (Å²) in [5.41, 5.74) is 0. The zero-order valence-electron chi connectivity index (χ0n) is 12.2. The summed E-state index contributed by atoms with van der Waals surface area (Å²) in [6.07, 6.45) is -0.0499. The van der Waals surface area contributed by atoms with Crippen molar-refractivity contribution in [3.63, 3.8) is 0 Å². The maximum absolute atomic E-state index is 12.6. The second kappa shape index (κ2) is 8.33. The maximum atomic E-state index is 12.6. The van der Waals surface area contributed by atoms with Gasteiger partial charge in [0.05, 0.1) is 6.61 Å². The Morgan fingerprint density at radius 2 is 1.95 bits per heavy atom. The van der Waals surface area contributed by atoms with Gasteiger partial charge < -0.3 is 10.1 Å². The Morgan fingerprint density at radius 3 is 2.55 bits per heavy atom. The Balaban J connectivity index is 2.21. The minimum Gasteiger partial charge on any atom is -0.374 e. The summed E-state index contributed by atoms with van der Waals surface area (Å²) < 4.78 is 65.1. The summed E-state index contributed by atoms with van der Waals surface area (Å²) in [5, 5.41) is 3.26. The number of nitrogens with one attached hydrogen (secondary N) is 1. The van der Waals surface area contributed by atoms with Crippen molar-refractivity contribution in [2.75, 3.05) is 19.5 Å². The van der Waals surface area contributed by atoms with E-state index in [1.165, 1.54) is 0 Å². The van der Waals surface area contributed by atoms with Gasteiger partial charge in [-0.3, -0.25) is 4.79 Å². The highest BCUT2D eigenvalue weighted by atomic mass is 32.2. The van der Waals surface area contributed by atoms with E-state index in [0.29, 0.717) is 5.25 Å². The Hall–Kier alpha value is -0.570. The fourth-order valence-electron chi connectivity index (χ4n) is 2.24. The Bertz CT molecular complexity index is 365.